The number of carbonyl (C=O) groups is 2. The highest BCUT2D eigenvalue weighted by atomic mass is 16.4. The Labute approximate surface area is 73.4 Å². The molecule has 0 atom stereocenters. The maximum Gasteiger partial charge on any atom is 0.359 e. The Balaban J connectivity index is 3.09. The van der Waals surface area contributed by atoms with Crippen LogP contribution < -0.4 is 5.32 Å². The highest BCUT2D eigenvalue weighted by molar-refractivity contribution is 5.87. The third-order valence-electron chi connectivity index (χ3n) is 1.38. The molecule has 0 aliphatic carbocycles. The molecular weight excluding hydrogens is 176 g/mol. The second-order valence-electron chi connectivity index (χ2n) is 2.28. The summed E-state index contributed by atoms with van der Waals surface area (Å²) < 4.78 is 0. The first-order valence-electron chi connectivity index (χ1n) is 3.45. The molecule has 1 rings (SSSR count). The second-order valence-corrected chi connectivity index (χ2v) is 2.28. The Morgan fingerprint density at radius 3 is 2.46 bits per heavy atom. The number of amides is 1. The molecule has 0 saturated heterocycles. The van der Waals surface area contributed by atoms with E-state index in [1.54, 1.807) is 0 Å². The number of nitrogens with zero attached hydrogens (tertiary/aromatic N) is 3. The van der Waals surface area contributed by atoms with E-state index in [4.69, 9.17) is 5.11 Å². The average Bonchev–Trinajstić information content (AvgIpc) is 2.46. The van der Waals surface area contributed by atoms with Crippen LogP contribution in [0, 0.1) is 6.92 Å². The Hall–Kier alpha value is -1.92. The van der Waals surface area contributed by atoms with E-state index in [-0.39, 0.29) is 11.4 Å². The average molecular weight is 184 g/mol. The zero-order valence-corrected chi connectivity index (χ0v) is 7.11. The molecule has 7 nitrogen and oxygen atoms in total. The molecular formula is C6H8N4O3. The first kappa shape index (κ1) is 9.17. The maximum absolute atomic E-state index is 10.9. The lowest BCUT2D eigenvalue weighted by atomic mass is 10.4. The van der Waals surface area contributed by atoms with Gasteiger partial charge >= 0.3 is 12.0 Å². The van der Waals surface area contributed by atoms with Gasteiger partial charge in [-0.3, -0.25) is 0 Å². The molecule has 0 saturated carbocycles. The van der Waals surface area contributed by atoms with Gasteiger partial charge in [0.1, 0.15) is 0 Å². The van der Waals surface area contributed by atoms with Gasteiger partial charge in [0.15, 0.2) is 5.69 Å². The molecule has 0 aromatic carbocycles. The van der Waals surface area contributed by atoms with Crippen molar-refractivity contribution in [2.45, 2.75) is 6.92 Å². The smallest absolute Gasteiger partial charge is 0.359 e. The molecule has 1 heterocycles. The van der Waals surface area contributed by atoms with Crippen molar-refractivity contribution in [3.63, 3.8) is 0 Å². The summed E-state index contributed by atoms with van der Waals surface area (Å²) in [6.45, 7) is 1.47. The number of aromatic carboxylic acids is 1. The maximum atomic E-state index is 10.9. The molecule has 0 unspecified atom stereocenters. The molecule has 0 aliphatic rings. The van der Waals surface area contributed by atoms with Crippen LogP contribution >= 0.6 is 0 Å². The molecule has 13 heavy (non-hydrogen) atoms. The first-order chi connectivity index (χ1) is 6.06. The lowest BCUT2D eigenvalue weighted by molar-refractivity contribution is 0.0689. The van der Waals surface area contributed by atoms with Gasteiger partial charge in [0.05, 0.1) is 5.69 Å². The van der Waals surface area contributed by atoms with E-state index in [1.165, 1.54) is 14.0 Å². The van der Waals surface area contributed by atoms with Crippen LogP contribution in [0.15, 0.2) is 0 Å². The number of hydrogen-bond donors (Lipinski definition) is 2. The Morgan fingerprint density at radius 2 is 2.08 bits per heavy atom. The predicted molar refractivity (Wildman–Crippen MR) is 41.6 cm³/mol. The molecule has 1 aromatic heterocycles. The van der Waals surface area contributed by atoms with Gasteiger partial charge in [-0.1, -0.05) is 4.80 Å². The molecule has 0 fully saturated rings. The third kappa shape index (κ3) is 1.63. The van der Waals surface area contributed by atoms with Gasteiger partial charge in [-0.15, -0.1) is 10.2 Å². The van der Waals surface area contributed by atoms with Gasteiger partial charge in [-0.05, 0) is 6.92 Å². The van der Waals surface area contributed by atoms with Gasteiger partial charge < -0.3 is 10.4 Å². The standard InChI is InChI=1S/C6H8N4O3/c1-3-4(5(11)12)9-10(8-3)6(13)7-2/h1-2H3,(H,7,13)(H,11,12). The van der Waals surface area contributed by atoms with Crippen molar-refractivity contribution in [3.8, 4) is 0 Å². The normalized spacial score (nSPS) is 9.69. The number of hydrogen-bond acceptors (Lipinski definition) is 4. The first-order valence-corrected chi connectivity index (χ1v) is 3.45. The SMILES string of the molecule is CNC(=O)n1nc(C)c(C(=O)O)n1. The molecule has 0 aliphatic heterocycles. The van der Waals surface area contributed by atoms with E-state index in [0.29, 0.717) is 4.80 Å². The summed E-state index contributed by atoms with van der Waals surface area (Å²) in [5, 5.41) is 17.9. The van der Waals surface area contributed by atoms with Gasteiger partial charge in [0.25, 0.3) is 0 Å². The van der Waals surface area contributed by atoms with Crippen LogP contribution in [-0.2, 0) is 0 Å². The third-order valence-corrected chi connectivity index (χ3v) is 1.38. The minimum Gasteiger partial charge on any atom is -0.476 e. The van der Waals surface area contributed by atoms with Crippen molar-refractivity contribution < 1.29 is 14.7 Å². The second kappa shape index (κ2) is 3.21. The summed E-state index contributed by atoms with van der Waals surface area (Å²) in [5.74, 6) is -1.20. The molecule has 1 aromatic rings. The van der Waals surface area contributed by atoms with E-state index >= 15 is 0 Å². The van der Waals surface area contributed by atoms with Gasteiger partial charge in [-0.25, -0.2) is 9.59 Å². The molecule has 0 spiro atoms. The summed E-state index contributed by atoms with van der Waals surface area (Å²) in [5.41, 5.74) is -0.0142. The number of carboxylic acids is 1. The largest absolute Gasteiger partial charge is 0.476 e. The van der Waals surface area contributed by atoms with E-state index < -0.39 is 12.0 Å². The van der Waals surface area contributed by atoms with Crippen LogP contribution in [0.4, 0.5) is 4.79 Å². The van der Waals surface area contributed by atoms with Gasteiger partial charge in [-0.2, -0.15) is 0 Å². The highest BCUT2D eigenvalue weighted by Gasteiger charge is 2.16. The summed E-state index contributed by atoms with van der Waals surface area (Å²) in [6, 6.07) is -0.574. The summed E-state index contributed by atoms with van der Waals surface area (Å²) in [6.07, 6.45) is 0. The summed E-state index contributed by atoms with van der Waals surface area (Å²) >= 11 is 0. The molecule has 70 valence electrons. The van der Waals surface area contributed by atoms with Crippen LogP contribution in [0.3, 0.4) is 0 Å². The van der Waals surface area contributed by atoms with E-state index in [1.807, 2.05) is 0 Å². The van der Waals surface area contributed by atoms with Crippen LogP contribution in [0.5, 0.6) is 0 Å². The van der Waals surface area contributed by atoms with Crippen LogP contribution in [-0.4, -0.2) is 39.1 Å². The van der Waals surface area contributed by atoms with Crippen molar-refractivity contribution >= 4 is 12.0 Å². The molecule has 0 bridgehead atoms. The number of carbonyl (C=O) groups excluding carboxylic acids is 1. The fourth-order valence-electron chi connectivity index (χ4n) is 0.767. The molecule has 2 N–H and O–H groups in total. The fraction of sp³-hybridized carbons (Fsp3) is 0.333. The summed E-state index contributed by atoms with van der Waals surface area (Å²) in [7, 11) is 1.40. The Morgan fingerprint density at radius 1 is 1.46 bits per heavy atom. The van der Waals surface area contributed by atoms with Crippen LogP contribution in [0.25, 0.3) is 0 Å². The zero-order chi connectivity index (χ0) is 10.0. The quantitative estimate of drug-likeness (QED) is 0.611. The van der Waals surface area contributed by atoms with E-state index in [0.717, 1.165) is 0 Å². The highest BCUT2D eigenvalue weighted by Crippen LogP contribution is 1.99. The number of rotatable bonds is 1. The molecule has 0 radical (unpaired) electrons. The van der Waals surface area contributed by atoms with Crippen LogP contribution in [0.1, 0.15) is 16.2 Å². The topological polar surface area (TPSA) is 97.1 Å². The lowest BCUT2D eigenvalue weighted by Gasteiger charge is -1.93. The van der Waals surface area contributed by atoms with E-state index in [9.17, 15) is 9.59 Å². The number of carboxylic acid groups (broad SMARTS) is 1. The number of aryl methyl sites for hydroxylation is 1. The monoisotopic (exact) mass is 184 g/mol. The minimum absolute atomic E-state index is 0.205. The zero-order valence-electron chi connectivity index (χ0n) is 7.11. The number of nitrogens with one attached hydrogen (secondary N) is 1. The summed E-state index contributed by atoms with van der Waals surface area (Å²) in [4.78, 5) is 22.1. The Kier molecular flexibility index (Phi) is 2.27. The van der Waals surface area contributed by atoms with E-state index in [2.05, 4.69) is 15.5 Å². The molecule has 1 amide bonds. The predicted octanol–water partition coefficient (Wildman–Crippen LogP) is -0.528. The fourth-order valence-corrected chi connectivity index (χ4v) is 0.767. The van der Waals surface area contributed by atoms with Crippen molar-refractivity contribution in [1.29, 1.82) is 0 Å². The van der Waals surface area contributed by atoms with Crippen molar-refractivity contribution in [2.75, 3.05) is 7.05 Å². The minimum atomic E-state index is -1.20. The lowest BCUT2D eigenvalue weighted by Crippen LogP contribution is -2.26. The Bertz CT molecular complexity index is 357. The van der Waals surface area contributed by atoms with Crippen molar-refractivity contribution in [1.82, 2.24) is 20.3 Å². The molecule has 7 heteroatoms. The van der Waals surface area contributed by atoms with Gasteiger partial charge in [0, 0.05) is 7.05 Å². The van der Waals surface area contributed by atoms with Crippen LogP contribution in [0.2, 0.25) is 0 Å². The van der Waals surface area contributed by atoms with Crippen molar-refractivity contribution in [3.05, 3.63) is 11.4 Å². The van der Waals surface area contributed by atoms with Gasteiger partial charge in [0.2, 0.25) is 0 Å². The van der Waals surface area contributed by atoms with Crippen molar-refractivity contribution in [2.24, 2.45) is 0 Å². The number of aromatic nitrogens is 3.